The van der Waals surface area contributed by atoms with Gasteiger partial charge in [-0.3, -0.25) is 0 Å². The standard InChI is InChI=1S/C16H12N2OS/c17-9-11-7-8-12(20-11)10-18-15-5-1-4-14-13(15)3-2-6-16(14)19/h1-8,18-19H,10H2. The molecule has 0 atom stereocenters. The van der Waals surface area contributed by atoms with Crippen molar-refractivity contribution in [2.45, 2.75) is 6.54 Å². The van der Waals surface area contributed by atoms with Crippen LogP contribution in [0.4, 0.5) is 5.69 Å². The summed E-state index contributed by atoms with van der Waals surface area (Å²) in [5.74, 6) is 0.286. The number of nitrogens with zero attached hydrogens (tertiary/aromatic N) is 1. The van der Waals surface area contributed by atoms with Gasteiger partial charge in [-0.25, -0.2) is 0 Å². The zero-order chi connectivity index (χ0) is 13.9. The predicted molar refractivity (Wildman–Crippen MR) is 82.0 cm³/mol. The molecule has 0 spiro atoms. The Morgan fingerprint density at radius 1 is 1.05 bits per heavy atom. The van der Waals surface area contributed by atoms with Gasteiger partial charge in [0.2, 0.25) is 0 Å². The van der Waals surface area contributed by atoms with Crippen molar-refractivity contribution in [3.63, 3.8) is 0 Å². The third-order valence-corrected chi connectivity index (χ3v) is 4.11. The van der Waals surface area contributed by atoms with Crippen molar-refractivity contribution in [1.29, 1.82) is 5.26 Å². The summed E-state index contributed by atoms with van der Waals surface area (Å²) in [5.41, 5.74) is 0.977. The van der Waals surface area contributed by atoms with Gasteiger partial charge < -0.3 is 10.4 Å². The molecule has 2 N–H and O–H groups in total. The molecule has 3 nitrogen and oxygen atoms in total. The lowest BCUT2D eigenvalue weighted by molar-refractivity contribution is 0.481. The maximum absolute atomic E-state index is 9.85. The quantitative estimate of drug-likeness (QED) is 0.759. The Morgan fingerprint density at radius 2 is 1.85 bits per heavy atom. The summed E-state index contributed by atoms with van der Waals surface area (Å²) in [5, 5.41) is 23.9. The molecule has 0 unspecified atom stereocenters. The van der Waals surface area contributed by atoms with Crippen LogP contribution >= 0.6 is 11.3 Å². The Hall–Kier alpha value is -2.51. The summed E-state index contributed by atoms with van der Waals surface area (Å²) in [6.07, 6.45) is 0. The number of rotatable bonds is 3. The van der Waals surface area contributed by atoms with Crippen LogP contribution in [-0.4, -0.2) is 5.11 Å². The number of fused-ring (bicyclic) bond motifs is 1. The van der Waals surface area contributed by atoms with Crippen molar-refractivity contribution >= 4 is 27.8 Å². The molecule has 0 aliphatic carbocycles. The molecule has 0 fully saturated rings. The number of benzene rings is 2. The van der Waals surface area contributed by atoms with Crippen molar-refractivity contribution in [3.8, 4) is 11.8 Å². The van der Waals surface area contributed by atoms with E-state index in [0.29, 0.717) is 6.54 Å². The predicted octanol–water partition coefficient (Wildman–Crippen LogP) is 4.09. The third-order valence-electron chi connectivity index (χ3n) is 3.12. The van der Waals surface area contributed by atoms with E-state index in [1.807, 2.05) is 42.5 Å². The lowest BCUT2D eigenvalue weighted by Crippen LogP contribution is -1.97. The Bertz CT molecular complexity index is 802. The molecule has 0 bridgehead atoms. The number of hydrogen-bond acceptors (Lipinski definition) is 4. The highest BCUT2D eigenvalue weighted by Gasteiger charge is 2.04. The maximum Gasteiger partial charge on any atom is 0.123 e. The maximum atomic E-state index is 9.85. The van der Waals surface area contributed by atoms with E-state index in [4.69, 9.17) is 5.26 Å². The molecule has 4 heteroatoms. The number of thiophene rings is 1. The Labute approximate surface area is 120 Å². The van der Waals surface area contributed by atoms with Gasteiger partial charge in [0.05, 0.1) is 0 Å². The van der Waals surface area contributed by atoms with Crippen LogP contribution in [0, 0.1) is 11.3 Å². The van der Waals surface area contributed by atoms with E-state index < -0.39 is 0 Å². The smallest absolute Gasteiger partial charge is 0.123 e. The molecule has 3 rings (SSSR count). The first-order valence-corrected chi connectivity index (χ1v) is 7.03. The number of phenolic OH excluding ortho intramolecular Hbond substituents is 1. The number of nitriles is 1. The van der Waals surface area contributed by atoms with Gasteiger partial charge in [0.1, 0.15) is 16.7 Å². The summed E-state index contributed by atoms with van der Waals surface area (Å²) >= 11 is 1.49. The van der Waals surface area contributed by atoms with Crippen LogP contribution in [0.1, 0.15) is 9.75 Å². The van der Waals surface area contributed by atoms with Crippen molar-refractivity contribution in [2.75, 3.05) is 5.32 Å². The first-order valence-electron chi connectivity index (χ1n) is 6.21. The van der Waals surface area contributed by atoms with Crippen LogP contribution in [0.15, 0.2) is 48.5 Å². The number of phenols is 1. The molecule has 0 amide bonds. The molecular formula is C16H12N2OS. The second kappa shape index (κ2) is 5.24. The van der Waals surface area contributed by atoms with Gasteiger partial charge in [0.25, 0.3) is 0 Å². The lowest BCUT2D eigenvalue weighted by Gasteiger charge is -2.09. The molecular weight excluding hydrogens is 268 g/mol. The molecule has 98 valence electrons. The van der Waals surface area contributed by atoms with E-state index in [-0.39, 0.29) is 5.75 Å². The largest absolute Gasteiger partial charge is 0.507 e. The second-order valence-corrected chi connectivity index (χ2v) is 5.58. The van der Waals surface area contributed by atoms with Crippen molar-refractivity contribution in [2.24, 2.45) is 0 Å². The van der Waals surface area contributed by atoms with Crippen LogP contribution in [0.2, 0.25) is 0 Å². The van der Waals surface area contributed by atoms with Gasteiger partial charge in [-0.15, -0.1) is 11.3 Å². The molecule has 20 heavy (non-hydrogen) atoms. The van der Waals surface area contributed by atoms with Crippen molar-refractivity contribution in [1.82, 2.24) is 0 Å². The molecule has 0 aliphatic rings. The summed E-state index contributed by atoms with van der Waals surface area (Å²) < 4.78 is 0. The Balaban J connectivity index is 1.88. The van der Waals surface area contributed by atoms with Gasteiger partial charge in [0.15, 0.2) is 0 Å². The average Bonchev–Trinajstić information content (AvgIpc) is 2.94. The molecule has 2 aromatic carbocycles. The van der Waals surface area contributed by atoms with Gasteiger partial charge in [0, 0.05) is 27.9 Å². The SMILES string of the molecule is N#Cc1ccc(CNc2cccc3c(O)cccc23)s1. The minimum absolute atomic E-state index is 0.286. The highest BCUT2D eigenvalue weighted by molar-refractivity contribution is 7.12. The second-order valence-electron chi connectivity index (χ2n) is 4.41. The Kier molecular flexibility index (Phi) is 3.28. The molecule has 0 aliphatic heterocycles. The van der Waals surface area contributed by atoms with Gasteiger partial charge >= 0.3 is 0 Å². The summed E-state index contributed by atoms with van der Waals surface area (Å²) in [7, 11) is 0. The fourth-order valence-electron chi connectivity index (χ4n) is 2.16. The van der Waals surface area contributed by atoms with Crippen LogP contribution in [0.5, 0.6) is 5.75 Å². The van der Waals surface area contributed by atoms with Gasteiger partial charge in [-0.1, -0.05) is 24.3 Å². The van der Waals surface area contributed by atoms with Gasteiger partial charge in [-0.05, 0) is 24.3 Å². The van der Waals surface area contributed by atoms with E-state index in [1.165, 1.54) is 11.3 Å². The van der Waals surface area contributed by atoms with Gasteiger partial charge in [-0.2, -0.15) is 5.26 Å². The highest BCUT2D eigenvalue weighted by Crippen LogP contribution is 2.30. The van der Waals surface area contributed by atoms with Crippen LogP contribution in [-0.2, 0) is 6.54 Å². The highest BCUT2D eigenvalue weighted by atomic mass is 32.1. The van der Waals surface area contributed by atoms with E-state index in [2.05, 4.69) is 11.4 Å². The summed E-state index contributed by atoms with van der Waals surface area (Å²) in [4.78, 5) is 1.83. The van der Waals surface area contributed by atoms with Crippen LogP contribution in [0.3, 0.4) is 0 Å². The summed E-state index contributed by atoms with van der Waals surface area (Å²) in [6, 6.07) is 17.2. The minimum atomic E-state index is 0.286. The summed E-state index contributed by atoms with van der Waals surface area (Å²) in [6.45, 7) is 0.668. The van der Waals surface area contributed by atoms with E-state index in [1.54, 1.807) is 6.07 Å². The Morgan fingerprint density at radius 3 is 2.65 bits per heavy atom. The topological polar surface area (TPSA) is 56.0 Å². The van der Waals surface area contributed by atoms with E-state index in [9.17, 15) is 5.11 Å². The van der Waals surface area contributed by atoms with Crippen molar-refractivity contribution in [3.05, 3.63) is 58.3 Å². The number of aromatic hydroxyl groups is 1. The monoisotopic (exact) mass is 280 g/mol. The molecule has 0 saturated heterocycles. The fraction of sp³-hybridized carbons (Fsp3) is 0.0625. The minimum Gasteiger partial charge on any atom is -0.507 e. The molecule has 0 radical (unpaired) electrons. The molecule has 0 saturated carbocycles. The third kappa shape index (κ3) is 2.31. The molecule has 3 aromatic rings. The molecule has 1 heterocycles. The zero-order valence-corrected chi connectivity index (χ0v) is 11.4. The fourth-order valence-corrected chi connectivity index (χ4v) is 2.91. The van der Waals surface area contributed by atoms with Crippen molar-refractivity contribution < 1.29 is 5.11 Å². The average molecular weight is 280 g/mol. The number of anilines is 1. The first kappa shape index (κ1) is 12.5. The number of hydrogen-bond donors (Lipinski definition) is 2. The van der Waals surface area contributed by atoms with E-state index >= 15 is 0 Å². The number of nitrogens with one attached hydrogen (secondary N) is 1. The first-order chi connectivity index (χ1) is 9.78. The van der Waals surface area contributed by atoms with Crippen LogP contribution in [0.25, 0.3) is 10.8 Å². The van der Waals surface area contributed by atoms with Crippen LogP contribution < -0.4 is 5.32 Å². The normalized spacial score (nSPS) is 10.3. The lowest BCUT2D eigenvalue weighted by atomic mass is 10.1. The zero-order valence-electron chi connectivity index (χ0n) is 10.6. The molecule has 1 aromatic heterocycles. The van der Waals surface area contributed by atoms with E-state index in [0.717, 1.165) is 26.2 Å².